The van der Waals surface area contributed by atoms with Gasteiger partial charge in [0, 0.05) is 21.7 Å². The van der Waals surface area contributed by atoms with Crippen molar-refractivity contribution in [1.82, 2.24) is 0 Å². The second kappa shape index (κ2) is 7.78. The molecule has 0 saturated heterocycles. The number of anilines is 1. The topological polar surface area (TPSA) is 88.4 Å². The normalized spacial score (nSPS) is 12.6. The lowest BCUT2D eigenvalue weighted by molar-refractivity contribution is -0.123. The van der Waals surface area contributed by atoms with E-state index in [1.807, 2.05) is 30.3 Å². The summed E-state index contributed by atoms with van der Waals surface area (Å²) in [5.74, 6) is -0.243. The van der Waals surface area contributed by atoms with Crippen LogP contribution in [-0.2, 0) is 16.1 Å². The highest BCUT2D eigenvalue weighted by Gasteiger charge is 2.25. The van der Waals surface area contributed by atoms with Crippen molar-refractivity contribution in [2.24, 2.45) is 0 Å². The maximum Gasteiger partial charge on any atom is 0.349 e. The largest absolute Gasteiger partial charge is 0.488 e. The van der Waals surface area contributed by atoms with Crippen molar-refractivity contribution in [2.45, 2.75) is 19.6 Å². The van der Waals surface area contributed by atoms with Crippen LogP contribution in [0.1, 0.15) is 27.7 Å². The Morgan fingerprint density at radius 1 is 1.21 bits per heavy atom. The molecule has 1 N–H and O–H groups in total. The van der Waals surface area contributed by atoms with Gasteiger partial charge in [-0.1, -0.05) is 18.2 Å². The first-order valence-electron chi connectivity index (χ1n) is 8.92. The summed E-state index contributed by atoms with van der Waals surface area (Å²) in [5.41, 5.74) is 2.77. The summed E-state index contributed by atoms with van der Waals surface area (Å²) in [7, 11) is 0. The molecule has 6 nitrogen and oxygen atoms in total. The number of esters is 1. The molecule has 1 aromatic heterocycles. The van der Waals surface area contributed by atoms with Gasteiger partial charge in [-0.2, -0.15) is 5.26 Å². The number of thiophene rings is 1. The molecule has 29 heavy (non-hydrogen) atoms. The van der Waals surface area contributed by atoms with E-state index in [0.717, 1.165) is 21.8 Å². The molecule has 1 unspecified atom stereocenters. The van der Waals surface area contributed by atoms with Gasteiger partial charge in [0.25, 0.3) is 5.91 Å². The van der Waals surface area contributed by atoms with Crippen LogP contribution in [0.3, 0.4) is 0 Å². The van der Waals surface area contributed by atoms with Crippen LogP contribution >= 0.6 is 11.3 Å². The molecule has 1 amide bonds. The average molecular weight is 404 g/mol. The highest BCUT2D eigenvalue weighted by Crippen LogP contribution is 2.42. The van der Waals surface area contributed by atoms with Crippen molar-refractivity contribution >= 4 is 28.9 Å². The van der Waals surface area contributed by atoms with Gasteiger partial charge >= 0.3 is 5.97 Å². The minimum atomic E-state index is -0.990. The predicted octanol–water partition coefficient (Wildman–Crippen LogP) is 4.36. The fraction of sp³-hybridized carbons (Fsp3) is 0.136. The lowest BCUT2D eigenvalue weighted by Crippen LogP contribution is -2.29. The van der Waals surface area contributed by atoms with Crippen LogP contribution < -0.4 is 10.1 Å². The van der Waals surface area contributed by atoms with Crippen LogP contribution in [0.5, 0.6) is 5.75 Å². The Bertz CT molecular complexity index is 1150. The molecule has 2 aromatic carbocycles. The number of carbonyl (C=O) groups is 2. The number of carbonyl (C=O) groups excluding carboxylic acids is 2. The van der Waals surface area contributed by atoms with E-state index in [2.05, 4.69) is 5.32 Å². The van der Waals surface area contributed by atoms with E-state index in [9.17, 15) is 9.59 Å². The number of nitrogens with one attached hydrogen (secondary N) is 1. The van der Waals surface area contributed by atoms with Gasteiger partial charge in [0.1, 0.15) is 17.2 Å². The molecule has 2 heterocycles. The first kappa shape index (κ1) is 18.7. The first-order chi connectivity index (χ1) is 14.0. The van der Waals surface area contributed by atoms with Crippen LogP contribution in [-0.4, -0.2) is 18.0 Å². The van der Waals surface area contributed by atoms with Gasteiger partial charge in [0.2, 0.25) is 0 Å². The number of benzene rings is 2. The van der Waals surface area contributed by atoms with Gasteiger partial charge in [0.05, 0.1) is 11.6 Å². The Balaban J connectivity index is 1.45. The maximum absolute atomic E-state index is 12.6. The van der Waals surface area contributed by atoms with Crippen LogP contribution in [0.4, 0.5) is 5.69 Å². The van der Waals surface area contributed by atoms with Crippen molar-refractivity contribution in [3.63, 3.8) is 0 Å². The fourth-order valence-electron chi connectivity index (χ4n) is 2.98. The minimum Gasteiger partial charge on any atom is -0.488 e. The molecule has 0 spiro atoms. The third-order valence-corrected chi connectivity index (χ3v) is 5.63. The predicted molar refractivity (Wildman–Crippen MR) is 109 cm³/mol. The summed E-state index contributed by atoms with van der Waals surface area (Å²) in [6.45, 7) is 1.90. The standard InChI is InChI=1S/C22H16N2O4S/c1-13(21(25)24-16-6-4-5-14(9-16)11-23)28-22(26)19-10-15-12-27-18-8-3-2-7-17(18)20(15)29-19/h2-10,13H,12H2,1H3,(H,24,25). The zero-order chi connectivity index (χ0) is 20.4. The first-order valence-corrected chi connectivity index (χ1v) is 9.73. The fourth-order valence-corrected chi connectivity index (χ4v) is 4.06. The van der Waals surface area contributed by atoms with Crippen LogP contribution in [0.25, 0.3) is 10.4 Å². The van der Waals surface area contributed by atoms with Crippen molar-refractivity contribution < 1.29 is 19.1 Å². The smallest absolute Gasteiger partial charge is 0.349 e. The number of fused-ring (bicyclic) bond motifs is 3. The number of amides is 1. The molecule has 1 atom stereocenters. The van der Waals surface area contributed by atoms with Gasteiger partial charge in [-0.3, -0.25) is 4.79 Å². The molecular weight excluding hydrogens is 388 g/mol. The number of nitrogens with zero attached hydrogens (tertiary/aromatic N) is 1. The van der Waals surface area contributed by atoms with Crippen molar-refractivity contribution in [3.05, 3.63) is 70.6 Å². The number of hydrogen-bond donors (Lipinski definition) is 1. The summed E-state index contributed by atoms with van der Waals surface area (Å²) < 4.78 is 11.1. The summed E-state index contributed by atoms with van der Waals surface area (Å²) in [6, 6.07) is 17.9. The zero-order valence-electron chi connectivity index (χ0n) is 15.5. The molecule has 0 radical (unpaired) electrons. The molecule has 1 aliphatic heterocycles. The summed E-state index contributed by atoms with van der Waals surface area (Å²) in [4.78, 5) is 26.3. The lowest BCUT2D eigenvalue weighted by Gasteiger charge is -2.16. The van der Waals surface area contributed by atoms with E-state index >= 15 is 0 Å². The Morgan fingerprint density at radius 2 is 2.03 bits per heavy atom. The van der Waals surface area contributed by atoms with E-state index in [1.54, 1.807) is 30.3 Å². The molecule has 3 aromatic rings. The van der Waals surface area contributed by atoms with E-state index in [0.29, 0.717) is 22.7 Å². The molecule has 0 bridgehead atoms. The second-order valence-electron chi connectivity index (χ2n) is 6.48. The van der Waals surface area contributed by atoms with E-state index in [4.69, 9.17) is 14.7 Å². The van der Waals surface area contributed by atoms with Gasteiger partial charge in [-0.25, -0.2) is 4.79 Å². The molecule has 7 heteroatoms. The second-order valence-corrected chi connectivity index (χ2v) is 7.53. The van der Waals surface area contributed by atoms with Crippen molar-refractivity contribution in [3.8, 4) is 22.3 Å². The maximum atomic E-state index is 12.6. The molecule has 0 aliphatic carbocycles. The molecule has 144 valence electrons. The van der Waals surface area contributed by atoms with Gasteiger partial charge < -0.3 is 14.8 Å². The Labute approximate surface area is 171 Å². The number of rotatable bonds is 4. The number of ether oxygens (including phenoxy) is 2. The van der Waals surface area contributed by atoms with E-state index < -0.39 is 18.0 Å². The molecule has 0 saturated carbocycles. The van der Waals surface area contributed by atoms with Gasteiger partial charge in [-0.15, -0.1) is 11.3 Å². The van der Waals surface area contributed by atoms with Gasteiger partial charge in [0.15, 0.2) is 6.10 Å². The quantitative estimate of drug-likeness (QED) is 0.653. The highest BCUT2D eigenvalue weighted by atomic mass is 32.1. The number of hydrogen-bond acceptors (Lipinski definition) is 6. The van der Waals surface area contributed by atoms with E-state index in [-0.39, 0.29) is 0 Å². The monoisotopic (exact) mass is 404 g/mol. The molecule has 4 rings (SSSR count). The Hall–Kier alpha value is -3.63. The third kappa shape index (κ3) is 3.84. The summed E-state index contributed by atoms with van der Waals surface area (Å²) >= 11 is 1.33. The van der Waals surface area contributed by atoms with E-state index in [1.165, 1.54) is 18.3 Å². The Kier molecular flexibility index (Phi) is 5.02. The molecular formula is C22H16N2O4S. The number of nitriles is 1. The molecule has 1 aliphatic rings. The zero-order valence-corrected chi connectivity index (χ0v) is 16.3. The van der Waals surface area contributed by atoms with Crippen molar-refractivity contribution in [1.29, 1.82) is 5.26 Å². The SMILES string of the molecule is CC(OC(=O)c1cc2c(s1)-c1ccccc1OC2)C(=O)Nc1cccc(C#N)c1. The minimum absolute atomic E-state index is 0.390. The molecule has 0 fully saturated rings. The lowest BCUT2D eigenvalue weighted by atomic mass is 10.1. The third-order valence-electron chi connectivity index (χ3n) is 4.44. The van der Waals surface area contributed by atoms with Crippen LogP contribution in [0.15, 0.2) is 54.6 Å². The highest BCUT2D eigenvalue weighted by molar-refractivity contribution is 7.17. The Morgan fingerprint density at radius 3 is 2.86 bits per heavy atom. The average Bonchev–Trinajstić information content (AvgIpc) is 3.19. The van der Waals surface area contributed by atoms with Gasteiger partial charge in [-0.05, 0) is 43.3 Å². The van der Waals surface area contributed by atoms with Crippen molar-refractivity contribution in [2.75, 3.05) is 5.32 Å². The summed E-state index contributed by atoms with van der Waals surface area (Å²) in [6.07, 6.45) is -0.990. The summed E-state index contributed by atoms with van der Waals surface area (Å²) in [5, 5.41) is 11.6. The van der Waals surface area contributed by atoms with Crippen LogP contribution in [0.2, 0.25) is 0 Å². The van der Waals surface area contributed by atoms with Crippen LogP contribution in [0, 0.1) is 11.3 Å². The number of para-hydroxylation sites is 1.